The van der Waals surface area contributed by atoms with E-state index >= 15 is 0 Å². The lowest BCUT2D eigenvalue weighted by Crippen LogP contribution is -2.39. The molecule has 0 aromatic heterocycles. The van der Waals surface area contributed by atoms with Gasteiger partial charge in [0.25, 0.3) is 0 Å². The van der Waals surface area contributed by atoms with Crippen molar-refractivity contribution in [2.24, 2.45) is 11.5 Å². The van der Waals surface area contributed by atoms with Crippen LogP contribution in [-0.4, -0.2) is 19.1 Å². The zero-order chi connectivity index (χ0) is 11.3. The fourth-order valence-corrected chi connectivity index (χ4v) is 1.34. The Bertz CT molecular complexity index is 320. The first-order valence-corrected chi connectivity index (χ1v) is 5.11. The van der Waals surface area contributed by atoms with Gasteiger partial charge < -0.3 is 16.8 Å². The van der Waals surface area contributed by atoms with Gasteiger partial charge in [0.15, 0.2) is 0 Å². The number of hydrogen-bond donors (Lipinski definition) is 3. The second kappa shape index (κ2) is 6.02. The van der Waals surface area contributed by atoms with Gasteiger partial charge in [-0.15, -0.1) is 0 Å². The van der Waals surface area contributed by atoms with Crippen molar-refractivity contribution in [1.82, 2.24) is 5.32 Å². The van der Waals surface area contributed by atoms with Crippen LogP contribution < -0.4 is 16.8 Å². The molecule has 1 rings (SSSR count). The minimum absolute atomic E-state index is 0.0547. The number of benzene rings is 1. The van der Waals surface area contributed by atoms with E-state index in [0.717, 1.165) is 5.56 Å². The molecule has 0 aliphatic heterocycles. The van der Waals surface area contributed by atoms with Crippen LogP contribution in [0.5, 0.6) is 0 Å². The summed E-state index contributed by atoms with van der Waals surface area (Å²) < 4.78 is 12.8. The van der Waals surface area contributed by atoms with Crippen molar-refractivity contribution in [1.29, 1.82) is 0 Å². The van der Waals surface area contributed by atoms with Crippen molar-refractivity contribution >= 4 is 11.6 Å². The summed E-state index contributed by atoms with van der Waals surface area (Å²) in [5, 5.41) is 3.25. The monoisotopic (exact) mass is 231 g/mol. The molecule has 1 unspecified atom stereocenters. The van der Waals surface area contributed by atoms with Crippen LogP contribution in [0.15, 0.2) is 18.2 Å². The molecule has 0 fully saturated rings. The average Bonchev–Trinajstić information content (AvgIpc) is 2.23. The third-order valence-electron chi connectivity index (χ3n) is 2.02. The predicted octanol–water partition coefficient (Wildman–Crippen LogP) is 0.855. The lowest BCUT2D eigenvalue weighted by molar-refractivity contribution is 0.580. The minimum Gasteiger partial charge on any atom is -0.329 e. The molecule has 0 bridgehead atoms. The minimum atomic E-state index is -0.404. The van der Waals surface area contributed by atoms with Crippen LogP contribution in [-0.2, 0) is 6.54 Å². The Morgan fingerprint density at radius 2 is 2.20 bits per heavy atom. The lowest BCUT2D eigenvalue weighted by Gasteiger charge is -2.10. The summed E-state index contributed by atoms with van der Waals surface area (Å²) >= 11 is 5.64. The molecule has 0 radical (unpaired) electrons. The molecule has 0 aliphatic rings. The summed E-state index contributed by atoms with van der Waals surface area (Å²) in [6, 6.07) is 4.57. The van der Waals surface area contributed by atoms with Crippen molar-refractivity contribution in [2.45, 2.75) is 12.6 Å². The second-order valence-corrected chi connectivity index (χ2v) is 3.78. The van der Waals surface area contributed by atoms with Crippen LogP contribution in [0.4, 0.5) is 4.39 Å². The van der Waals surface area contributed by atoms with Crippen LogP contribution in [0.2, 0.25) is 5.02 Å². The van der Waals surface area contributed by atoms with Gasteiger partial charge in [-0.1, -0.05) is 17.7 Å². The van der Waals surface area contributed by atoms with Gasteiger partial charge in [-0.3, -0.25) is 0 Å². The highest BCUT2D eigenvalue weighted by molar-refractivity contribution is 6.30. The summed E-state index contributed by atoms with van der Waals surface area (Å²) in [7, 11) is 0. The van der Waals surface area contributed by atoms with Crippen LogP contribution in [0.3, 0.4) is 0 Å². The largest absolute Gasteiger partial charge is 0.329 e. The summed E-state index contributed by atoms with van der Waals surface area (Å²) in [6.07, 6.45) is 0. The fourth-order valence-electron chi connectivity index (χ4n) is 1.13. The van der Waals surface area contributed by atoms with E-state index in [1.165, 1.54) is 6.07 Å². The van der Waals surface area contributed by atoms with E-state index in [1.54, 1.807) is 12.1 Å². The third kappa shape index (κ3) is 4.13. The standard InChI is InChI=1S/C10H15ClFN3/c11-9-3-7(1-2-10(9)12)5-15-6-8(14)4-13/h1-3,8,15H,4-6,13-14H2. The van der Waals surface area contributed by atoms with Gasteiger partial charge in [0.1, 0.15) is 5.82 Å². The molecule has 84 valence electrons. The van der Waals surface area contributed by atoms with Gasteiger partial charge in [-0.25, -0.2) is 4.39 Å². The summed E-state index contributed by atoms with van der Waals surface area (Å²) in [5.74, 6) is -0.404. The molecule has 0 saturated carbocycles. The first kappa shape index (κ1) is 12.4. The van der Waals surface area contributed by atoms with Crippen molar-refractivity contribution in [3.63, 3.8) is 0 Å². The lowest BCUT2D eigenvalue weighted by atomic mass is 10.2. The molecule has 1 aromatic rings. The van der Waals surface area contributed by atoms with Crippen LogP contribution >= 0.6 is 11.6 Å². The van der Waals surface area contributed by atoms with Crippen molar-refractivity contribution in [3.05, 3.63) is 34.6 Å². The highest BCUT2D eigenvalue weighted by atomic mass is 35.5. The quantitative estimate of drug-likeness (QED) is 0.704. The first-order valence-electron chi connectivity index (χ1n) is 4.73. The van der Waals surface area contributed by atoms with Crippen molar-refractivity contribution < 1.29 is 4.39 Å². The van der Waals surface area contributed by atoms with Gasteiger partial charge in [-0.2, -0.15) is 0 Å². The fraction of sp³-hybridized carbons (Fsp3) is 0.400. The predicted molar refractivity (Wildman–Crippen MR) is 60.1 cm³/mol. The SMILES string of the molecule is NCC(N)CNCc1ccc(F)c(Cl)c1. The Morgan fingerprint density at radius 1 is 1.47 bits per heavy atom. The van der Waals surface area contributed by atoms with Gasteiger partial charge in [0.2, 0.25) is 0 Å². The van der Waals surface area contributed by atoms with E-state index in [-0.39, 0.29) is 11.1 Å². The maximum absolute atomic E-state index is 12.8. The Hall–Kier alpha value is -0.680. The molecule has 0 heterocycles. The normalized spacial score (nSPS) is 12.8. The molecule has 0 amide bonds. The van der Waals surface area contributed by atoms with E-state index in [4.69, 9.17) is 23.1 Å². The molecular weight excluding hydrogens is 217 g/mol. The van der Waals surface area contributed by atoms with Gasteiger partial charge in [0, 0.05) is 25.7 Å². The van der Waals surface area contributed by atoms with Crippen molar-refractivity contribution in [3.8, 4) is 0 Å². The number of nitrogens with two attached hydrogens (primary N) is 2. The zero-order valence-corrected chi connectivity index (χ0v) is 9.10. The highest BCUT2D eigenvalue weighted by Crippen LogP contribution is 2.15. The molecule has 0 spiro atoms. The average molecular weight is 232 g/mol. The molecule has 1 aromatic carbocycles. The second-order valence-electron chi connectivity index (χ2n) is 3.38. The maximum Gasteiger partial charge on any atom is 0.141 e. The molecule has 15 heavy (non-hydrogen) atoms. The Labute approximate surface area is 93.6 Å². The third-order valence-corrected chi connectivity index (χ3v) is 2.31. The van der Waals surface area contributed by atoms with E-state index < -0.39 is 5.82 Å². The van der Waals surface area contributed by atoms with E-state index in [1.807, 2.05) is 0 Å². The molecule has 1 atom stereocenters. The number of halogens is 2. The van der Waals surface area contributed by atoms with Gasteiger partial charge >= 0.3 is 0 Å². The van der Waals surface area contributed by atoms with Gasteiger partial charge in [-0.05, 0) is 17.7 Å². The van der Waals surface area contributed by atoms with Crippen molar-refractivity contribution in [2.75, 3.05) is 13.1 Å². The molecule has 3 nitrogen and oxygen atoms in total. The first-order chi connectivity index (χ1) is 7.13. The molecular formula is C10H15ClFN3. The number of rotatable bonds is 5. The molecule has 0 aliphatic carbocycles. The van der Waals surface area contributed by atoms with Crippen LogP contribution in [0.1, 0.15) is 5.56 Å². The highest BCUT2D eigenvalue weighted by Gasteiger charge is 2.02. The summed E-state index contributed by atoms with van der Waals surface area (Å²) in [5.41, 5.74) is 11.9. The van der Waals surface area contributed by atoms with E-state index in [0.29, 0.717) is 19.6 Å². The molecule has 5 heteroatoms. The Balaban J connectivity index is 2.41. The number of hydrogen-bond acceptors (Lipinski definition) is 3. The molecule has 0 saturated heterocycles. The topological polar surface area (TPSA) is 64.1 Å². The zero-order valence-electron chi connectivity index (χ0n) is 8.34. The van der Waals surface area contributed by atoms with Crippen LogP contribution in [0.25, 0.3) is 0 Å². The summed E-state index contributed by atoms with van der Waals surface area (Å²) in [4.78, 5) is 0. The Kier molecular flexibility index (Phi) is 4.98. The molecule has 5 N–H and O–H groups in total. The number of nitrogens with one attached hydrogen (secondary N) is 1. The van der Waals surface area contributed by atoms with E-state index in [2.05, 4.69) is 5.32 Å². The summed E-state index contributed by atoms with van der Waals surface area (Å²) in [6.45, 7) is 1.68. The Morgan fingerprint density at radius 3 is 2.80 bits per heavy atom. The van der Waals surface area contributed by atoms with E-state index in [9.17, 15) is 4.39 Å². The smallest absolute Gasteiger partial charge is 0.141 e. The maximum atomic E-state index is 12.8. The van der Waals surface area contributed by atoms with Gasteiger partial charge in [0.05, 0.1) is 5.02 Å². The van der Waals surface area contributed by atoms with Crippen LogP contribution in [0, 0.1) is 5.82 Å².